The van der Waals surface area contributed by atoms with E-state index in [0.29, 0.717) is 24.3 Å². The average Bonchev–Trinajstić information content (AvgIpc) is 2.79. The Kier molecular flexibility index (Phi) is 8.45. The van der Waals surface area contributed by atoms with Gasteiger partial charge in [-0.2, -0.15) is 4.31 Å². The lowest BCUT2D eigenvalue weighted by Crippen LogP contribution is -2.46. The number of hydrogen-bond donors (Lipinski definition) is 1. The lowest BCUT2D eigenvalue weighted by Gasteiger charge is -2.36. The summed E-state index contributed by atoms with van der Waals surface area (Å²) in [5.74, 6) is -0.728. The van der Waals surface area contributed by atoms with E-state index in [4.69, 9.17) is 0 Å². The van der Waals surface area contributed by atoms with Crippen LogP contribution in [0.25, 0.3) is 0 Å². The molecule has 0 aromatic heterocycles. The normalized spacial score (nSPS) is 15.1. The van der Waals surface area contributed by atoms with Crippen LogP contribution in [0.1, 0.15) is 26.3 Å². The van der Waals surface area contributed by atoms with Crippen molar-refractivity contribution in [2.45, 2.75) is 32.1 Å². The predicted octanol–water partition coefficient (Wildman–Crippen LogP) is 3.18. The molecule has 1 aliphatic heterocycles. The zero-order valence-electron chi connectivity index (χ0n) is 19.6. The third kappa shape index (κ3) is 6.10. The van der Waals surface area contributed by atoms with Crippen molar-refractivity contribution in [2.24, 2.45) is 0 Å². The lowest BCUT2D eigenvalue weighted by atomic mass is 10.1. The SMILES string of the molecule is CCN1CCN(c2ccc(S(=O)(=O)N(CC)CC)cc2NC(=O)Cc2cccc(F)c2)CC1. The number of halogens is 1. The topological polar surface area (TPSA) is 73.0 Å². The number of nitrogens with zero attached hydrogens (tertiary/aromatic N) is 3. The Hall–Kier alpha value is -2.49. The number of carbonyl (C=O) groups is 1. The number of carbonyl (C=O) groups excluding carboxylic acids is 1. The molecule has 0 radical (unpaired) electrons. The van der Waals surface area contributed by atoms with Crippen molar-refractivity contribution in [3.05, 3.63) is 53.8 Å². The lowest BCUT2D eigenvalue weighted by molar-refractivity contribution is -0.115. The zero-order chi connectivity index (χ0) is 24.0. The fraction of sp³-hybridized carbons (Fsp3) is 0.458. The molecule has 1 N–H and O–H groups in total. The van der Waals surface area contributed by atoms with E-state index in [9.17, 15) is 17.6 Å². The van der Waals surface area contributed by atoms with Crippen LogP contribution < -0.4 is 10.2 Å². The Morgan fingerprint density at radius 1 is 1.03 bits per heavy atom. The van der Waals surface area contributed by atoms with Gasteiger partial charge in [0, 0.05) is 39.3 Å². The van der Waals surface area contributed by atoms with E-state index in [1.54, 1.807) is 44.2 Å². The smallest absolute Gasteiger partial charge is 0.243 e. The molecule has 2 aromatic carbocycles. The molecule has 9 heteroatoms. The summed E-state index contributed by atoms with van der Waals surface area (Å²) in [4.78, 5) is 17.5. The molecule has 1 fully saturated rings. The van der Waals surface area contributed by atoms with Crippen molar-refractivity contribution in [3.8, 4) is 0 Å². The Bertz CT molecular complexity index is 1070. The Morgan fingerprint density at radius 2 is 1.73 bits per heavy atom. The summed E-state index contributed by atoms with van der Waals surface area (Å²) in [6, 6.07) is 10.8. The standard InChI is InChI=1S/C24H33FN4O3S/c1-4-27-12-14-28(15-13-27)23-11-10-21(33(31,32)29(5-2)6-3)18-22(23)26-24(30)17-19-8-7-9-20(25)16-19/h7-11,16,18H,4-6,12-15,17H2,1-3H3,(H,26,30). The molecule has 0 saturated carbocycles. The summed E-state index contributed by atoms with van der Waals surface area (Å²) >= 11 is 0. The number of anilines is 2. The average molecular weight is 477 g/mol. The van der Waals surface area contributed by atoms with E-state index >= 15 is 0 Å². The highest BCUT2D eigenvalue weighted by Crippen LogP contribution is 2.31. The molecule has 0 spiro atoms. The van der Waals surface area contributed by atoms with Crippen molar-refractivity contribution in [1.29, 1.82) is 0 Å². The monoisotopic (exact) mass is 476 g/mol. The Balaban J connectivity index is 1.91. The second-order valence-electron chi connectivity index (χ2n) is 8.04. The van der Waals surface area contributed by atoms with Gasteiger partial charge >= 0.3 is 0 Å². The second-order valence-corrected chi connectivity index (χ2v) is 9.98. The maximum atomic E-state index is 13.5. The van der Waals surface area contributed by atoms with Crippen LogP contribution in [0.3, 0.4) is 0 Å². The molecular formula is C24H33FN4O3S. The fourth-order valence-corrected chi connectivity index (χ4v) is 5.58. The van der Waals surface area contributed by atoms with Gasteiger partial charge in [0.25, 0.3) is 0 Å². The molecule has 0 bridgehead atoms. The van der Waals surface area contributed by atoms with Gasteiger partial charge in [-0.3, -0.25) is 4.79 Å². The van der Waals surface area contributed by atoms with E-state index in [2.05, 4.69) is 22.0 Å². The summed E-state index contributed by atoms with van der Waals surface area (Å²) in [5, 5.41) is 2.89. The van der Waals surface area contributed by atoms with E-state index in [-0.39, 0.29) is 17.2 Å². The molecule has 0 atom stereocenters. The van der Waals surface area contributed by atoms with Gasteiger partial charge in [0.2, 0.25) is 15.9 Å². The number of hydrogen-bond acceptors (Lipinski definition) is 5. The van der Waals surface area contributed by atoms with Gasteiger partial charge in [-0.25, -0.2) is 12.8 Å². The molecule has 1 saturated heterocycles. The summed E-state index contributed by atoms with van der Waals surface area (Å²) in [6.07, 6.45) is -0.00612. The number of benzene rings is 2. The molecule has 1 heterocycles. The molecule has 180 valence electrons. The highest BCUT2D eigenvalue weighted by molar-refractivity contribution is 7.89. The molecular weight excluding hydrogens is 443 g/mol. The van der Waals surface area contributed by atoms with Gasteiger partial charge in [-0.1, -0.05) is 32.9 Å². The second kappa shape index (κ2) is 11.1. The van der Waals surface area contributed by atoms with Gasteiger partial charge in [-0.05, 0) is 42.4 Å². The molecule has 0 unspecified atom stereocenters. The molecule has 2 aromatic rings. The summed E-state index contributed by atoms with van der Waals surface area (Å²) < 4.78 is 41.1. The molecule has 7 nitrogen and oxygen atoms in total. The van der Waals surface area contributed by atoms with Crippen LogP contribution in [0.5, 0.6) is 0 Å². The van der Waals surface area contributed by atoms with Crippen LogP contribution in [-0.2, 0) is 21.2 Å². The highest BCUT2D eigenvalue weighted by Gasteiger charge is 2.25. The van der Waals surface area contributed by atoms with Gasteiger partial charge in [0.05, 0.1) is 22.7 Å². The van der Waals surface area contributed by atoms with Crippen LogP contribution >= 0.6 is 0 Å². The first-order valence-corrected chi connectivity index (χ1v) is 12.9. The maximum Gasteiger partial charge on any atom is 0.243 e. The van der Waals surface area contributed by atoms with Crippen LogP contribution in [0.15, 0.2) is 47.4 Å². The van der Waals surface area contributed by atoms with E-state index < -0.39 is 15.8 Å². The molecule has 1 aliphatic rings. The van der Waals surface area contributed by atoms with E-state index in [1.807, 2.05) is 0 Å². The minimum Gasteiger partial charge on any atom is -0.367 e. The van der Waals surface area contributed by atoms with Crippen LogP contribution in [0, 0.1) is 5.82 Å². The number of piperazine rings is 1. The number of likely N-dealkylation sites (N-methyl/N-ethyl adjacent to an activating group) is 1. The molecule has 0 aliphatic carbocycles. The summed E-state index contributed by atoms with van der Waals surface area (Å²) in [5.41, 5.74) is 1.80. The first-order valence-electron chi connectivity index (χ1n) is 11.4. The number of sulfonamides is 1. The minimum absolute atomic E-state index is 0.00612. The fourth-order valence-electron chi connectivity index (χ4n) is 4.10. The largest absolute Gasteiger partial charge is 0.367 e. The quantitative estimate of drug-likeness (QED) is 0.602. The molecule has 33 heavy (non-hydrogen) atoms. The zero-order valence-corrected chi connectivity index (χ0v) is 20.4. The van der Waals surface area contributed by atoms with Gasteiger partial charge in [0.1, 0.15) is 5.82 Å². The number of nitrogens with one attached hydrogen (secondary N) is 1. The summed E-state index contributed by atoms with van der Waals surface area (Å²) in [6.45, 7) is 10.8. The van der Waals surface area contributed by atoms with Crippen molar-refractivity contribution < 1.29 is 17.6 Å². The third-order valence-electron chi connectivity index (χ3n) is 6.00. The van der Waals surface area contributed by atoms with Crippen molar-refractivity contribution in [2.75, 3.05) is 56.0 Å². The predicted molar refractivity (Wildman–Crippen MR) is 130 cm³/mol. The Labute approximate surface area is 196 Å². The third-order valence-corrected chi connectivity index (χ3v) is 8.05. The minimum atomic E-state index is -3.68. The van der Waals surface area contributed by atoms with Crippen LogP contribution in [0.2, 0.25) is 0 Å². The van der Waals surface area contributed by atoms with Crippen molar-refractivity contribution >= 4 is 27.3 Å². The van der Waals surface area contributed by atoms with Gasteiger partial charge in [-0.15, -0.1) is 0 Å². The highest BCUT2D eigenvalue weighted by atomic mass is 32.2. The summed E-state index contributed by atoms with van der Waals surface area (Å²) in [7, 11) is -3.68. The molecule has 3 rings (SSSR count). The molecule has 1 amide bonds. The van der Waals surface area contributed by atoms with E-state index in [0.717, 1.165) is 38.4 Å². The van der Waals surface area contributed by atoms with Crippen LogP contribution in [0.4, 0.5) is 15.8 Å². The number of rotatable bonds is 9. The maximum absolute atomic E-state index is 13.5. The van der Waals surface area contributed by atoms with E-state index in [1.165, 1.54) is 16.4 Å². The first kappa shape index (κ1) is 25.1. The van der Waals surface area contributed by atoms with Crippen LogP contribution in [-0.4, -0.2) is 69.3 Å². The van der Waals surface area contributed by atoms with Gasteiger partial charge < -0.3 is 15.1 Å². The first-order chi connectivity index (χ1) is 15.8. The van der Waals surface area contributed by atoms with Gasteiger partial charge in [0.15, 0.2) is 0 Å². The number of amides is 1. The van der Waals surface area contributed by atoms with Crippen molar-refractivity contribution in [3.63, 3.8) is 0 Å². The Morgan fingerprint density at radius 3 is 2.33 bits per heavy atom. The van der Waals surface area contributed by atoms with Crippen molar-refractivity contribution in [1.82, 2.24) is 9.21 Å².